The molecule has 1 aromatic rings. The zero-order valence-corrected chi connectivity index (χ0v) is 11.8. The second kappa shape index (κ2) is 7.21. The van der Waals surface area contributed by atoms with Crippen molar-refractivity contribution in [2.24, 2.45) is 0 Å². The van der Waals surface area contributed by atoms with Gasteiger partial charge in [-0.2, -0.15) is 0 Å². The monoisotopic (exact) mass is 279 g/mol. The molecular weight excluding hydrogens is 258 g/mol. The van der Waals surface area contributed by atoms with Gasteiger partial charge in [-0.1, -0.05) is 0 Å². The lowest BCUT2D eigenvalue weighted by molar-refractivity contribution is 0.0758. The smallest absolute Gasteiger partial charge is 0.255 e. The zero-order chi connectivity index (χ0) is 14.4. The Balaban J connectivity index is 1.94. The number of amides is 1. The number of pyridine rings is 1. The van der Waals surface area contributed by atoms with Crippen LogP contribution in [0.4, 0.5) is 0 Å². The number of methoxy groups -OCH3 is 1. The second-order valence-corrected chi connectivity index (χ2v) is 4.91. The van der Waals surface area contributed by atoms with Gasteiger partial charge in [0.1, 0.15) is 5.75 Å². The first kappa shape index (κ1) is 14.7. The van der Waals surface area contributed by atoms with E-state index in [4.69, 9.17) is 4.74 Å². The molecule has 20 heavy (non-hydrogen) atoms. The standard InChI is InChI=1S/C14H21N3O3/c1-20-8-7-16-3-2-4-17(6-5-16)14(19)12-9-13(18)11-15-10-12/h9-11,18H,2-8H2,1H3. The van der Waals surface area contributed by atoms with Gasteiger partial charge >= 0.3 is 0 Å². The summed E-state index contributed by atoms with van der Waals surface area (Å²) in [4.78, 5) is 20.3. The van der Waals surface area contributed by atoms with E-state index >= 15 is 0 Å². The van der Waals surface area contributed by atoms with Gasteiger partial charge in [0.15, 0.2) is 0 Å². The molecule has 2 heterocycles. The highest BCUT2D eigenvalue weighted by Crippen LogP contribution is 2.13. The molecule has 1 aliphatic heterocycles. The van der Waals surface area contributed by atoms with Gasteiger partial charge in [-0.15, -0.1) is 0 Å². The minimum atomic E-state index is -0.0676. The first-order chi connectivity index (χ1) is 9.70. The van der Waals surface area contributed by atoms with Gasteiger partial charge in [0.05, 0.1) is 18.4 Å². The SMILES string of the molecule is COCCN1CCCN(C(=O)c2cncc(O)c2)CC1. The highest BCUT2D eigenvalue weighted by Gasteiger charge is 2.20. The molecule has 0 bridgehead atoms. The molecule has 1 aliphatic rings. The molecule has 0 aromatic carbocycles. The van der Waals surface area contributed by atoms with Crippen molar-refractivity contribution in [3.63, 3.8) is 0 Å². The van der Waals surface area contributed by atoms with Crippen molar-refractivity contribution in [2.75, 3.05) is 46.4 Å². The lowest BCUT2D eigenvalue weighted by atomic mass is 10.2. The lowest BCUT2D eigenvalue weighted by Gasteiger charge is -2.21. The molecule has 6 heteroatoms. The maximum absolute atomic E-state index is 12.4. The molecule has 0 unspecified atom stereocenters. The fraction of sp³-hybridized carbons (Fsp3) is 0.571. The molecule has 1 saturated heterocycles. The van der Waals surface area contributed by atoms with Crippen LogP contribution in [0.15, 0.2) is 18.5 Å². The summed E-state index contributed by atoms with van der Waals surface area (Å²) in [6.45, 7) is 4.86. The summed E-state index contributed by atoms with van der Waals surface area (Å²) in [6.07, 6.45) is 3.77. The van der Waals surface area contributed by atoms with Gasteiger partial charge in [-0.05, 0) is 19.0 Å². The number of nitrogens with zero attached hydrogens (tertiary/aromatic N) is 3. The maximum Gasteiger partial charge on any atom is 0.255 e. The van der Waals surface area contributed by atoms with Gasteiger partial charge in [0.25, 0.3) is 5.91 Å². The van der Waals surface area contributed by atoms with Crippen LogP contribution in [0.25, 0.3) is 0 Å². The minimum Gasteiger partial charge on any atom is -0.506 e. The number of ether oxygens (including phenoxy) is 1. The molecule has 0 aliphatic carbocycles. The molecule has 6 nitrogen and oxygen atoms in total. The van der Waals surface area contributed by atoms with E-state index in [9.17, 15) is 9.90 Å². The molecule has 110 valence electrons. The zero-order valence-electron chi connectivity index (χ0n) is 11.8. The molecule has 1 aromatic heterocycles. The number of aromatic nitrogens is 1. The Morgan fingerprint density at radius 3 is 2.95 bits per heavy atom. The number of hydrogen-bond acceptors (Lipinski definition) is 5. The minimum absolute atomic E-state index is 0.0207. The molecule has 0 saturated carbocycles. The van der Waals surface area contributed by atoms with Crippen LogP contribution in [0, 0.1) is 0 Å². The van der Waals surface area contributed by atoms with Crippen LogP contribution < -0.4 is 0 Å². The Labute approximate surface area is 119 Å². The summed E-state index contributed by atoms with van der Waals surface area (Å²) in [7, 11) is 1.70. The summed E-state index contributed by atoms with van der Waals surface area (Å²) in [5.41, 5.74) is 0.440. The highest BCUT2D eigenvalue weighted by atomic mass is 16.5. The van der Waals surface area contributed by atoms with E-state index in [2.05, 4.69) is 9.88 Å². The number of hydrogen-bond donors (Lipinski definition) is 1. The second-order valence-electron chi connectivity index (χ2n) is 4.91. The Hall–Kier alpha value is -1.66. The third-order valence-corrected chi connectivity index (χ3v) is 3.46. The molecule has 1 N–H and O–H groups in total. The molecule has 1 amide bonds. The average Bonchev–Trinajstić information content (AvgIpc) is 2.70. The van der Waals surface area contributed by atoms with Gasteiger partial charge in [-0.3, -0.25) is 14.7 Å². The van der Waals surface area contributed by atoms with E-state index < -0.39 is 0 Å². The van der Waals surface area contributed by atoms with Crippen molar-refractivity contribution in [2.45, 2.75) is 6.42 Å². The number of aromatic hydroxyl groups is 1. The first-order valence-corrected chi connectivity index (χ1v) is 6.85. The lowest BCUT2D eigenvalue weighted by Crippen LogP contribution is -2.36. The summed E-state index contributed by atoms with van der Waals surface area (Å²) < 4.78 is 5.08. The number of carbonyl (C=O) groups is 1. The molecule has 0 radical (unpaired) electrons. The summed E-state index contributed by atoms with van der Waals surface area (Å²) >= 11 is 0. The van der Waals surface area contributed by atoms with Crippen LogP contribution >= 0.6 is 0 Å². The van der Waals surface area contributed by atoms with Crippen molar-refractivity contribution in [3.8, 4) is 5.75 Å². The Morgan fingerprint density at radius 2 is 2.20 bits per heavy atom. The molecular formula is C14H21N3O3. The Morgan fingerprint density at radius 1 is 1.35 bits per heavy atom. The van der Waals surface area contributed by atoms with Gasteiger partial charge in [0.2, 0.25) is 0 Å². The molecule has 0 spiro atoms. The fourth-order valence-corrected chi connectivity index (χ4v) is 2.35. The first-order valence-electron chi connectivity index (χ1n) is 6.85. The Bertz CT molecular complexity index is 453. The van der Waals surface area contributed by atoms with E-state index in [1.165, 1.54) is 18.5 Å². The van der Waals surface area contributed by atoms with Gasteiger partial charge in [-0.25, -0.2) is 0 Å². The Kier molecular flexibility index (Phi) is 5.31. The van der Waals surface area contributed by atoms with Crippen LogP contribution in [-0.2, 0) is 4.74 Å². The van der Waals surface area contributed by atoms with Crippen LogP contribution in [0.5, 0.6) is 5.75 Å². The van der Waals surface area contributed by atoms with Crippen molar-refractivity contribution >= 4 is 5.91 Å². The molecule has 0 atom stereocenters. The van der Waals surface area contributed by atoms with E-state index in [-0.39, 0.29) is 11.7 Å². The predicted molar refractivity (Wildman–Crippen MR) is 74.7 cm³/mol. The highest BCUT2D eigenvalue weighted by molar-refractivity contribution is 5.94. The normalized spacial score (nSPS) is 16.9. The predicted octanol–water partition coefficient (Wildman–Crippen LogP) is 0.581. The van der Waals surface area contributed by atoms with Crippen LogP contribution in [0.1, 0.15) is 16.8 Å². The van der Waals surface area contributed by atoms with E-state index in [1.54, 1.807) is 7.11 Å². The van der Waals surface area contributed by atoms with Gasteiger partial charge < -0.3 is 14.7 Å². The van der Waals surface area contributed by atoms with Crippen molar-refractivity contribution in [1.82, 2.24) is 14.8 Å². The topological polar surface area (TPSA) is 65.9 Å². The van der Waals surface area contributed by atoms with Crippen LogP contribution in [0.3, 0.4) is 0 Å². The third kappa shape index (κ3) is 3.91. The van der Waals surface area contributed by atoms with Crippen molar-refractivity contribution < 1.29 is 14.6 Å². The molecule has 2 rings (SSSR count). The van der Waals surface area contributed by atoms with Crippen molar-refractivity contribution in [3.05, 3.63) is 24.0 Å². The van der Waals surface area contributed by atoms with E-state index in [0.29, 0.717) is 18.7 Å². The quantitative estimate of drug-likeness (QED) is 0.873. The maximum atomic E-state index is 12.4. The summed E-state index contributed by atoms with van der Waals surface area (Å²) in [6, 6.07) is 1.46. The summed E-state index contributed by atoms with van der Waals surface area (Å²) in [5, 5.41) is 9.40. The van der Waals surface area contributed by atoms with Crippen LogP contribution in [0.2, 0.25) is 0 Å². The number of carbonyl (C=O) groups excluding carboxylic acids is 1. The third-order valence-electron chi connectivity index (χ3n) is 3.46. The van der Waals surface area contributed by atoms with Crippen LogP contribution in [-0.4, -0.2) is 72.2 Å². The largest absolute Gasteiger partial charge is 0.506 e. The summed E-state index contributed by atoms with van der Waals surface area (Å²) in [5.74, 6) is -0.0469. The van der Waals surface area contributed by atoms with Gasteiger partial charge in [0, 0.05) is 39.5 Å². The van der Waals surface area contributed by atoms with E-state index in [0.717, 1.165) is 32.6 Å². The number of rotatable bonds is 4. The van der Waals surface area contributed by atoms with E-state index in [1.807, 2.05) is 4.90 Å². The fourth-order valence-electron chi connectivity index (χ4n) is 2.35. The average molecular weight is 279 g/mol. The van der Waals surface area contributed by atoms with Crippen molar-refractivity contribution in [1.29, 1.82) is 0 Å². The molecule has 1 fully saturated rings.